The van der Waals surface area contributed by atoms with Crippen molar-refractivity contribution in [3.05, 3.63) is 108 Å². The molecule has 1 atom stereocenters. The van der Waals surface area contributed by atoms with E-state index in [1.54, 1.807) is 6.92 Å². The Bertz CT molecular complexity index is 935. The van der Waals surface area contributed by atoms with Crippen molar-refractivity contribution in [3.8, 4) is 0 Å². The molecular weight excluding hydrogens is 382 g/mol. The first-order valence-electron chi connectivity index (χ1n) is 9.47. The molecule has 3 aromatic rings. The molecule has 4 N–H and O–H groups in total. The van der Waals surface area contributed by atoms with Gasteiger partial charge < -0.3 is 6.15 Å². The quantitative estimate of drug-likeness (QED) is 0.502. The number of rotatable bonds is 8. The molecule has 0 amide bonds. The third-order valence-electron chi connectivity index (χ3n) is 5.50. The van der Waals surface area contributed by atoms with Crippen LogP contribution in [-0.2, 0) is 29.4 Å². The Labute approximate surface area is 173 Å². The van der Waals surface area contributed by atoms with Gasteiger partial charge in [0.15, 0.2) is 0 Å². The Kier molecular flexibility index (Phi) is 7.73. The highest BCUT2D eigenvalue weighted by Gasteiger charge is 2.45. The normalized spacial score (nSPS) is 13.5. The average molecular weight is 412 g/mol. The summed E-state index contributed by atoms with van der Waals surface area (Å²) in [6.45, 7) is 1.67. The van der Waals surface area contributed by atoms with Gasteiger partial charge in [0.1, 0.15) is 4.75 Å². The fourth-order valence-electron chi connectivity index (χ4n) is 3.75. The molecule has 0 saturated carbocycles. The zero-order chi connectivity index (χ0) is 20.0. The molecule has 0 heterocycles. The van der Waals surface area contributed by atoms with Crippen LogP contribution in [-0.4, -0.2) is 17.7 Å². The van der Waals surface area contributed by atoms with Gasteiger partial charge in [-0.15, -0.1) is 0 Å². The molecule has 3 rings (SSSR count). The van der Waals surface area contributed by atoms with Gasteiger partial charge in [-0.2, -0.15) is 8.42 Å². The van der Waals surface area contributed by atoms with E-state index in [9.17, 15) is 13.0 Å². The van der Waals surface area contributed by atoms with Gasteiger partial charge >= 0.3 is 0 Å². The second kappa shape index (κ2) is 9.83. The molecule has 0 saturated heterocycles. The standard InChI is InChI=1S/C24H26O3S.H3N/c1-24(28(25,26)27,19-22-15-9-4-10-16-22)23(17-20-11-5-2-6-12-20)18-21-13-7-3-8-14-21;/h2-16,23H,17-19H2,1H3,(H,25,26,27);1H3. The van der Waals surface area contributed by atoms with Crippen molar-refractivity contribution in [2.45, 2.75) is 30.9 Å². The third-order valence-corrected chi connectivity index (χ3v) is 7.16. The van der Waals surface area contributed by atoms with Crippen molar-refractivity contribution < 1.29 is 13.0 Å². The van der Waals surface area contributed by atoms with Crippen LogP contribution in [0, 0.1) is 5.92 Å². The van der Waals surface area contributed by atoms with Crippen molar-refractivity contribution in [1.82, 2.24) is 6.15 Å². The van der Waals surface area contributed by atoms with Crippen LogP contribution in [0.25, 0.3) is 0 Å². The van der Waals surface area contributed by atoms with Crippen molar-refractivity contribution in [3.63, 3.8) is 0 Å². The van der Waals surface area contributed by atoms with Crippen LogP contribution in [0.4, 0.5) is 0 Å². The van der Waals surface area contributed by atoms with E-state index < -0.39 is 14.9 Å². The third kappa shape index (κ3) is 5.76. The Hall–Kier alpha value is -2.47. The van der Waals surface area contributed by atoms with Gasteiger partial charge in [-0.05, 0) is 48.8 Å². The first kappa shape index (κ1) is 22.8. The maximum absolute atomic E-state index is 12.6. The fourth-order valence-corrected chi connectivity index (χ4v) is 4.69. The highest BCUT2D eigenvalue weighted by molar-refractivity contribution is 7.87. The Balaban J connectivity index is 0.00000300. The lowest BCUT2D eigenvalue weighted by Crippen LogP contribution is -2.46. The fraction of sp³-hybridized carbons (Fsp3) is 0.250. The first-order chi connectivity index (χ1) is 13.4. The SMILES string of the molecule is CC(Cc1ccccc1)(C(Cc1ccccc1)Cc1ccccc1)S(=O)(=O)O.N. The summed E-state index contributed by atoms with van der Waals surface area (Å²) in [6.07, 6.45) is 1.40. The largest absolute Gasteiger partial charge is 0.344 e. The van der Waals surface area contributed by atoms with Gasteiger partial charge in [-0.25, -0.2) is 0 Å². The van der Waals surface area contributed by atoms with Crippen LogP contribution < -0.4 is 6.15 Å². The van der Waals surface area contributed by atoms with Crippen molar-refractivity contribution >= 4 is 10.1 Å². The Morgan fingerprint density at radius 3 is 1.41 bits per heavy atom. The van der Waals surface area contributed by atoms with E-state index in [1.165, 1.54) is 0 Å². The van der Waals surface area contributed by atoms with Crippen LogP contribution in [0.2, 0.25) is 0 Å². The topological polar surface area (TPSA) is 89.4 Å². The molecule has 29 heavy (non-hydrogen) atoms. The van der Waals surface area contributed by atoms with Gasteiger partial charge in [0.25, 0.3) is 10.1 Å². The van der Waals surface area contributed by atoms with Gasteiger partial charge in [0.2, 0.25) is 0 Å². The lowest BCUT2D eigenvalue weighted by molar-refractivity contribution is 0.332. The lowest BCUT2D eigenvalue weighted by Gasteiger charge is -2.35. The van der Waals surface area contributed by atoms with E-state index in [4.69, 9.17) is 0 Å². The Morgan fingerprint density at radius 2 is 1.07 bits per heavy atom. The zero-order valence-electron chi connectivity index (χ0n) is 16.7. The summed E-state index contributed by atoms with van der Waals surface area (Å²) in [5.74, 6) is -0.285. The van der Waals surface area contributed by atoms with E-state index >= 15 is 0 Å². The van der Waals surface area contributed by atoms with E-state index in [0.717, 1.165) is 16.7 Å². The zero-order valence-corrected chi connectivity index (χ0v) is 17.6. The minimum absolute atomic E-state index is 0. The maximum Gasteiger partial charge on any atom is 0.271 e. The molecule has 0 aliphatic heterocycles. The minimum atomic E-state index is -4.30. The summed E-state index contributed by atoms with van der Waals surface area (Å²) in [5.41, 5.74) is 3.02. The summed E-state index contributed by atoms with van der Waals surface area (Å²) in [5, 5.41) is 0. The van der Waals surface area contributed by atoms with Gasteiger partial charge in [0.05, 0.1) is 0 Å². The van der Waals surface area contributed by atoms with Crippen LogP contribution >= 0.6 is 0 Å². The van der Waals surface area contributed by atoms with E-state index in [2.05, 4.69) is 0 Å². The number of benzene rings is 3. The molecular formula is C24H29NO3S. The second-order valence-electron chi connectivity index (χ2n) is 7.53. The molecule has 0 fully saturated rings. The summed E-state index contributed by atoms with van der Waals surface area (Å²) in [7, 11) is -4.30. The second-order valence-corrected chi connectivity index (χ2v) is 9.41. The molecule has 0 bridgehead atoms. The van der Waals surface area contributed by atoms with Crippen LogP contribution in [0.3, 0.4) is 0 Å². The summed E-state index contributed by atoms with van der Waals surface area (Å²) in [6, 6.07) is 29.2. The number of hydrogen-bond acceptors (Lipinski definition) is 3. The van der Waals surface area contributed by atoms with Crippen LogP contribution in [0.15, 0.2) is 91.0 Å². The molecule has 4 nitrogen and oxygen atoms in total. The van der Waals surface area contributed by atoms with Gasteiger partial charge in [-0.3, -0.25) is 4.55 Å². The summed E-state index contributed by atoms with van der Waals surface area (Å²) >= 11 is 0. The number of hydrogen-bond donors (Lipinski definition) is 2. The molecule has 0 aliphatic carbocycles. The highest BCUT2D eigenvalue weighted by Crippen LogP contribution is 2.35. The lowest BCUT2D eigenvalue weighted by atomic mass is 9.79. The molecule has 1 unspecified atom stereocenters. The minimum Gasteiger partial charge on any atom is -0.344 e. The van der Waals surface area contributed by atoms with Crippen LogP contribution in [0.1, 0.15) is 23.6 Å². The van der Waals surface area contributed by atoms with Crippen molar-refractivity contribution in [2.24, 2.45) is 5.92 Å². The predicted octanol–water partition coefficient (Wildman–Crippen LogP) is 5.14. The highest BCUT2D eigenvalue weighted by atomic mass is 32.2. The molecule has 0 spiro atoms. The summed E-state index contributed by atoms with van der Waals surface area (Å²) < 4.78 is 34.3. The molecule has 5 heteroatoms. The monoisotopic (exact) mass is 411 g/mol. The maximum atomic E-state index is 12.6. The van der Waals surface area contributed by atoms with Crippen molar-refractivity contribution in [1.29, 1.82) is 0 Å². The van der Waals surface area contributed by atoms with E-state index in [0.29, 0.717) is 12.8 Å². The average Bonchev–Trinajstić information content (AvgIpc) is 2.69. The Morgan fingerprint density at radius 1 is 0.724 bits per heavy atom. The van der Waals surface area contributed by atoms with Crippen molar-refractivity contribution in [2.75, 3.05) is 0 Å². The van der Waals surface area contributed by atoms with Crippen LogP contribution in [0.5, 0.6) is 0 Å². The van der Waals surface area contributed by atoms with E-state index in [-0.39, 0.29) is 18.5 Å². The molecule has 154 valence electrons. The molecule has 0 aliphatic rings. The first-order valence-corrected chi connectivity index (χ1v) is 10.9. The molecule has 0 radical (unpaired) electrons. The van der Waals surface area contributed by atoms with E-state index in [1.807, 2.05) is 91.0 Å². The smallest absolute Gasteiger partial charge is 0.271 e. The van der Waals surface area contributed by atoms with Gasteiger partial charge in [-0.1, -0.05) is 91.0 Å². The molecule has 3 aromatic carbocycles. The van der Waals surface area contributed by atoms with Gasteiger partial charge in [0, 0.05) is 0 Å². The predicted molar refractivity (Wildman–Crippen MR) is 119 cm³/mol. The molecule has 0 aromatic heterocycles. The summed E-state index contributed by atoms with van der Waals surface area (Å²) in [4.78, 5) is 0.